The van der Waals surface area contributed by atoms with E-state index in [1.807, 2.05) is 6.92 Å². The molecule has 29 heavy (non-hydrogen) atoms. The van der Waals surface area contributed by atoms with E-state index < -0.39 is 6.17 Å². The SMILES string of the molecule is CCCCCCOc1cnc(-c2ccc(CCCCOCC(F)CC)cc2)nc1. The molecule has 1 atom stereocenters. The van der Waals surface area contributed by atoms with Gasteiger partial charge in [0, 0.05) is 12.2 Å². The van der Waals surface area contributed by atoms with Crippen molar-refractivity contribution in [3.63, 3.8) is 0 Å². The monoisotopic (exact) mass is 402 g/mol. The van der Waals surface area contributed by atoms with E-state index in [0.29, 0.717) is 18.9 Å². The second-order valence-corrected chi connectivity index (χ2v) is 7.39. The lowest BCUT2D eigenvalue weighted by Gasteiger charge is -2.08. The molecular formula is C24H35FN2O2. The highest BCUT2D eigenvalue weighted by Gasteiger charge is 2.04. The summed E-state index contributed by atoms with van der Waals surface area (Å²) in [5.74, 6) is 1.43. The zero-order chi connectivity index (χ0) is 20.7. The van der Waals surface area contributed by atoms with Gasteiger partial charge in [-0.3, -0.25) is 0 Å². The molecule has 0 spiro atoms. The van der Waals surface area contributed by atoms with Crippen molar-refractivity contribution >= 4 is 0 Å². The van der Waals surface area contributed by atoms with Gasteiger partial charge in [0.25, 0.3) is 0 Å². The first kappa shape index (κ1) is 23.3. The summed E-state index contributed by atoms with van der Waals surface area (Å²) in [6.07, 6.45) is 10.9. The van der Waals surface area contributed by atoms with Gasteiger partial charge in [-0.25, -0.2) is 14.4 Å². The van der Waals surface area contributed by atoms with Gasteiger partial charge < -0.3 is 9.47 Å². The van der Waals surface area contributed by atoms with Crippen LogP contribution in [0.25, 0.3) is 11.4 Å². The Labute approximate surface area is 174 Å². The molecule has 0 aliphatic rings. The molecular weight excluding hydrogens is 367 g/mol. The number of hydrogen-bond acceptors (Lipinski definition) is 4. The molecule has 0 saturated carbocycles. The number of alkyl halides is 1. The predicted molar refractivity (Wildman–Crippen MR) is 116 cm³/mol. The average Bonchev–Trinajstić information content (AvgIpc) is 2.76. The van der Waals surface area contributed by atoms with Crippen LogP contribution in [0.2, 0.25) is 0 Å². The fourth-order valence-electron chi connectivity index (χ4n) is 2.94. The Balaban J connectivity index is 1.69. The third kappa shape index (κ3) is 9.35. The second kappa shape index (κ2) is 14.0. The highest BCUT2D eigenvalue weighted by atomic mass is 19.1. The molecule has 1 aromatic heterocycles. The molecule has 0 aliphatic carbocycles. The number of rotatable bonds is 15. The summed E-state index contributed by atoms with van der Waals surface area (Å²) < 4.78 is 24.1. The second-order valence-electron chi connectivity index (χ2n) is 7.39. The van der Waals surface area contributed by atoms with E-state index in [2.05, 4.69) is 41.2 Å². The molecule has 0 saturated heterocycles. The first-order chi connectivity index (χ1) is 14.2. The summed E-state index contributed by atoms with van der Waals surface area (Å²) in [5.41, 5.74) is 2.28. The molecule has 0 radical (unpaired) electrons. The lowest BCUT2D eigenvalue weighted by atomic mass is 10.1. The van der Waals surface area contributed by atoms with Crippen molar-refractivity contribution in [3.8, 4) is 17.1 Å². The maximum Gasteiger partial charge on any atom is 0.159 e. The minimum atomic E-state index is -0.837. The average molecular weight is 403 g/mol. The van der Waals surface area contributed by atoms with Crippen molar-refractivity contribution < 1.29 is 13.9 Å². The Morgan fingerprint density at radius 1 is 0.897 bits per heavy atom. The topological polar surface area (TPSA) is 44.2 Å². The highest BCUT2D eigenvalue weighted by molar-refractivity contribution is 5.55. The first-order valence-corrected chi connectivity index (χ1v) is 11.0. The maximum absolute atomic E-state index is 13.1. The van der Waals surface area contributed by atoms with Gasteiger partial charge in [-0.2, -0.15) is 0 Å². The van der Waals surface area contributed by atoms with E-state index in [9.17, 15) is 4.39 Å². The molecule has 2 aromatic rings. The van der Waals surface area contributed by atoms with Crippen LogP contribution in [0.15, 0.2) is 36.7 Å². The van der Waals surface area contributed by atoms with Gasteiger partial charge in [-0.05, 0) is 37.7 Å². The molecule has 2 rings (SSSR count). The Kier molecular flexibility index (Phi) is 11.3. The molecule has 0 fully saturated rings. The summed E-state index contributed by atoms with van der Waals surface area (Å²) in [6.45, 7) is 5.59. The van der Waals surface area contributed by atoms with Crippen molar-refractivity contribution in [2.45, 2.75) is 71.4 Å². The van der Waals surface area contributed by atoms with Crippen LogP contribution in [-0.4, -0.2) is 36.0 Å². The molecule has 1 aromatic carbocycles. The van der Waals surface area contributed by atoms with Crippen LogP contribution >= 0.6 is 0 Å². The van der Waals surface area contributed by atoms with Crippen LogP contribution in [-0.2, 0) is 11.2 Å². The van der Waals surface area contributed by atoms with Crippen molar-refractivity contribution in [1.29, 1.82) is 0 Å². The first-order valence-electron chi connectivity index (χ1n) is 11.0. The summed E-state index contributed by atoms with van der Waals surface area (Å²) in [6, 6.07) is 8.35. The predicted octanol–water partition coefficient (Wildman–Crippen LogP) is 6.19. The number of unbranched alkanes of at least 4 members (excludes halogenated alkanes) is 4. The van der Waals surface area contributed by atoms with Gasteiger partial charge >= 0.3 is 0 Å². The number of aryl methyl sites for hydroxylation is 1. The van der Waals surface area contributed by atoms with Gasteiger partial charge in [-0.1, -0.05) is 57.4 Å². The molecule has 5 heteroatoms. The quantitative estimate of drug-likeness (QED) is 0.333. The maximum atomic E-state index is 13.1. The Bertz CT molecular complexity index is 662. The largest absolute Gasteiger partial charge is 0.490 e. The fourth-order valence-corrected chi connectivity index (χ4v) is 2.94. The lowest BCUT2D eigenvalue weighted by molar-refractivity contribution is 0.0768. The Morgan fingerprint density at radius 2 is 1.62 bits per heavy atom. The normalized spacial score (nSPS) is 12.1. The molecule has 0 amide bonds. The molecule has 1 heterocycles. The van der Waals surface area contributed by atoms with E-state index in [1.165, 1.54) is 24.8 Å². The zero-order valence-electron chi connectivity index (χ0n) is 17.9. The third-order valence-corrected chi connectivity index (χ3v) is 4.85. The van der Waals surface area contributed by atoms with Crippen LogP contribution in [0.4, 0.5) is 4.39 Å². The van der Waals surface area contributed by atoms with Gasteiger partial charge in [-0.15, -0.1) is 0 Å². The third-order valence-electron chi connectivity index (χ3n) is 4.85. The van der Waals surface area contributed by atoms with E-state index in [4.69, 9.17) is 9.47 Å². The van der Waals surface area contributed by atoms with Crippen LogP contribution in [0.1, 0.15) is 64.4 Å². The van der Waals surface area contributed by atoms with Gasteiger partial charge in [0.1, 0.15) is 6.17 Å². The van der Waals surface area contributed by atoms with Crippen molar-refractivity contribution in [1.82, 2.24) is 9.97 Å². The number of aromatic nitrogens is 2. The van der Waals surface area contributed by atoms with Crippen LogP contribution in [0.5, 0.6) is 5.75 Å². The zero-order valence-corrected chi connectivity index (χ0v) is 17.9. The standard InChI is InChI=1S/C24H35FN2O2/c1-3-5-6-8-16-29-23-17-26-24(27-18-23)21-13-11-20(12-14-21)10-7-9-15-28-19-22(25)4-2/h11-14,17-18,22H,3-10,15-16,19H2,1-2H3. The van der Waals surface area contributed by atoms with Crippen molar-refractivity contribution in [3.05, 3.63) is 42.2 Å². The minimum absolute atomic E-state index is 0.216. The summed E-state index contributed by atoms with van der Waals surface area (Å²) in [7, 11) is 0. The van der Waals surface area contributed by atoms with Crippen molar-refractivity contribution in [2.24, 2.45) is 0 Å². The van der Waals surface area contributed by atoms with E-state index in [1.54, 1.807) is 12.4 Å². The van der Waals surface area contributed by atoms with Gasteiger partial charge in [0.05, 0.1) is 25.6 Å². The molecule has 0 N–H and O–H groups in total. The molecule has 160 valence electrons. The van der Waals surface area contributed by atoms with Crippen LogP contribution < -0.4 is 4.74 Å². The van der Waals surface area contributed by atoms with Crippen LogP contribution in [0.3, 0.4) is 0 Å². The number of benzene rings is 1. The van der Waals surface area contributed by atoms with E-state index in [-0.39, 0.29) is 6.61 Å². The number of halogens is 1. The number of hydrogen-bond donors (Lipinski definition) is 0. The van der Waals surface area contributed by atoms with Gasteiger partial charge in [0.2, 0.25) is 0 Å². The van der Waals surface area contributed by atoms with Gasteiger partial charge in [0.15, 0.2) is 11.6 Å². The number of ether oxygens (including phenoxy) is 2. The Morgan fingerprint density at radius 3 is 2.31 bits per heavy atom. The smallest absolute Gasteiger partial charge is 0.159 e. The molecule has 0 aliphatic heterocycles. The molecule has 4 nitrogen and oxygen atoms in total. The van der Waals surface area contributed by atoms with E-state index >= 15 is 0 Å². The van der Waals surface area contributed by atoms with Crippen molar-refractivity contribution in [2.75, 3.05) is 19.8 Å². The summed E-state index contributed by atoms with van der Waals surface area (Å²) in [4.78, 5) is 8.85. The van der Waals surface area contributed by atoms with Crippen LogP contribution in [0, 0.1) is 0 Å². The minimum Gasteiger partial charge on any atom is -0.490 e. The van der Waals surface area contributed by atoms with E-state index in [0.717, 1.165) is 43.6 Å². The fraction of sp³-hybridized carbons (Fsp3) is 0.583. The number of nitrogens with zero attached hydrogens (tertiary/aromatic N) is 2. The highest BCUT2D eigenvalue weighted by Crippen LogP contribution is 2.18. The molecule has 0 bridgehead atoms. The summed E-state index contributed by atoms with van der Waals surface area (Å²) in [5, 5.41) is 0. The summed E-state index contributed by atoms with van der Waals surface area (Å²) >= 11 is 0. The Hall–Kier alpha value is -2.01. The molecule has 1 unspecified atom stereocenters. The lowest BCUT2D eigenvalue weighted by Crippen LogP contribution is -2.09.